The quantitative estimate of drug-likeness (QED) is 0.799. The third-order valence-corrected chi connectivity index (χ3v) is 6.15. The van der Waals surface area contributed by atoms with Gasteiger partial charge in [-0.05, 0) is 55.8 Å². The lowest BCUT2D eigenvalue weighted by atomic mass is 9.88. The van der Waals surface area contributed by atoms with E-state index in [0.717, 1.165) is 23.7 Å². The molecule has 3 N–H and O–H groups in total. The van der Waals surface area contributed by atoms with Crippen LogP contribution in [0.2, 0.25) is 0 Å². The second-order valence-electron chi connectivity index (χ2n) is 7.28. The van der Waals surface area contributed by atoms with Crippen molar-refractivity contribution < 1.29 is 4.79 Å². The number of nitrogens with two attached hydrogens (primary N) is 1. The summed E-state index contributed by atoms with van der Waals surface area (Å²) < 4.78 is 0. The van der Waals surface area contributed by atoms with Crippen LogP contribution in [0.15, 0.2) is 0 Å². The molecule has 3 nitrogen and oxygen atoms in total. The van der Waals surface area contributed by atoms with E-state index >= 15 is 0 Å². The zero-order valence-electron chi connectivity index (χ0n) is 11.8. The molecule has 18 heavy (non-hydrogen) atoms. The van der Waals surface area contributed by atoms with Crippen molar-refractivity contribution in [3.8, 4) is 0 Å². The molecule has 3 rings (SSSR count). The van der Waals surface area contributed by atoms with Gasteiger partial charge in [0.05, 0.1) is 5.54 Å². The predicted molar refractivity (Wildman–Crippen MR) is 71.7 cm³/mol. The molecule has 3 fully saturated rings. The third-order valence-electron chi connectivity index (χ3n) is 6.15. The van der Waals surface area contributed by atoms with E-state index < -0.39 is 0 Å². The van der Waals surface area contributed by atoms with Gasteiger partial charge in [0.1, 0.15) is 0 Å². The van der Waals surface area contributed by atoms with Crippen LogP contribution in [0.5, 0.6) is 0 Å². The standard InChI is InChI=1S/C15H26N2O/c1-8(2)15(3,7-16)17-14(18)13-11-9-4-5-10(6-9)12(11)13/h8-13H,4-7,16H2,1-3H3,(H,17,18). The van der Waals surface area contributed by atoms with E-state index in [-0.39, 0.29) is 11.4 Å². The molecule has 102 valence electrons. The molecule has 0 aliphatic heterocycles. The zero-order chi connectivity index (χ0) is 13.1. The molecule has 0 aromatic carbocycles. The van der Waals surface area contributed by atoms with Crippen LogP contribution in [0, 0.1) is 35.5 Å². The highest BCUT2D eigenvalue weighted by molar-refractivity contribution is 5.83. The molecule has 3 aliphatic carbocycles. The lowest BCUT2D eigenvalue weighted by Gasteiger charge is -2.34. The minimum absolute atomic E-state index is 0.243. The first kappa shape index (κ1) is 12.5. The normalized spacial score (nSPS) is 43.7. The van der Waals surface area contributed by atoms with Crippen molar-refractivity contribution in [2.45, 2.75) is 45.6 Å². The van der Waals surface area contributed by atoms with Crippen molar-refractivity contribution in [3.05, 3.63) is 0 Å². The first-order chi connectivity index (χ1) is 8.48. The van der Waals surface area contributed by atoms with Gasteiger partial charge >= 0.3 is 0 Å². The van der Waals surface area contributed by atoms with Gasteiger partial charge in [-0.2, -0.15) is 0 Å². The van der Waals surface area contributed by atoms with Crippen LogP contribution in [0.3, 0.4) is 0 Å². The van der Waals surface area contributed by atoms with Gasteiger partial charge in [-0.15, -0.1) is 0 Å². The van der Waals surface area contributed by atoms with Gasteiger partial charge in [-0.3, -0.25) is 4.79 Å². The second-order valence-corrected chi connectivity index (χ2v) is 7.28. The Morgan fingerprint density at radius 1 is 1.33 bits per heavy atom. The molecular weight excluding hydrogens is 224 g/mol. The summed E-state index contributed by atoms with van der Waals surface area (Å²) in [5.41, 5.74) is 5.60. The van der Waals surface area contributed by atoms with E-state index in [0.29, 0.717) is 18.4 Å². The SMILES string of the molecule is CC(C)C(C)(CN)NC(=O)C1C2C3CCC(C3)C12. The first-order valence-electron chi connectivity index (χ1n) is 7.50. The van der Waals surface area contributed by atoms with Gasteiger partial charge in [0, 0.05) is 12.5 Å². The average molecular weight is 250 g/mol. The summed E-state index contributed by atoms with van der Waals surface area (Å²) in [5.74, 6) is 4.14. The summed E-state index contributed by atoms with van der Waals surface area (Å²) >= 11 is 0. The summed E-state index contributed by atoms with van der Waals surface area (Å²) in [6.45, 7) is 6.85. The summed E-state index contributed by atoms with van der Waals surface area (Å²) in [4.78, 5) is 12.5. The Bertz CT molecular complexity index is 352. The monoisotopic (exact) mass is 250 g/mol. The first-order valence-corrected chi connectivity index (χ1v) is 7.50. The molecule has 0 aromatic heterocycles. The van der Waals surface area contributed by atoms with Crippen LogP contribution in [0.25, 0.3) is 0 Å². The molecule has 0 heterocycles. The average Bonchev–Trinajstić information content (AvgIpc) is 2.79. The molecule has 0 radical (unpaired) electrons. The van der Waals surface area contributed by atoms with Gasteiger partial charge in [0.2, 0.25) is 5.91 Å². The summed E-state index contributed by atoms with van der Waals surface area (Å²) in [6.07, 6.45) is 4.14. The zero-order valence-corrected chi connectivity index (χ0v) is 11.8. The Morgan fingerprint density at radius 3 is 2.33 bits per heavy atom. The highest BCUT2D eigenvalue weighted by Crippen LogP contribution is 2.69. The van der Waals surface area contributed by atoms with Crippen molar-refractivity contribution in [2.24, 2.45) is 41.2 Å². The number of hydrogen-bond acceptors (Lipinski definition) is 2. The Kier molecular flexibility index (Phi) is 2.74. The lowest BCUT2D eigenvalue weighted by molar-refractivity contribution is -0.125. The topological polar surface area (TPSA) is 55.1 Å². The van der Waals surface area contributed by atoms with Gasteiger partial charge < -0.3 is 11.1 Å². The Balaban J connectivity index is 1.64. The Morgan fingerprint density at radius 2 is 1.89 bits per heavy atom. The van der Waals surface area contributed by atoms with Gasteiger partial charge in [-0.25, -0.2) is 0 Å². The maximum Gasteiger partial charge on any atom is 0.224 e. The van der Waals surface area contributed by atoms with Crippen molar-refractivity contribution >= 4 is 5.91 Å². The van der Waals surface area contributed by atoms with E-state index in [1.165, 1.54) is 19.3 Å². The summed E-state index contributed by atoms with van der Waals surface area (Å²) in [7, 11) is 0. The number of carbonyl (C=O) groups is 1. The second kappa shape index (κ2) is 3.96. The molecule has 2 bridgehead atoms. The van der Waals surface area contributed by atoms with Crippen LogP contribution in [-0.2, 0) is 4.79 Å². The fraction of sp³-hybridized carbons (Fsp3) is 0.933. The van der Waals surface area contributed by atoms with Crippen LogP contribution in [0.4, 0.5) is 0 Å². The lowest BCUT2D eigenvalue weighted by Crippen LogP contribution is -2.55. The van der Waals surface area contributed by atoms with Crippen LogP contribution >= 0.6 is 0 Å². The molecule has 3 aliphatic rings. The van der Waals surface area contributed by atoms with Crippen molar-refractivity contribution in [3.63, 3.8) is 0 Å². The maximum atomic E-state index is 12.5. The summed E-state index contributed by atoms with van der Waals surface area (Å²) in [6, 6.07) is 0. The Hall–Kier alpha value is -0.570. The van der Waals surface area contributed by atoms with Crippen LogP contribution in [-0.4, -0.2) is 18.0 Å². The van der Waals surface area contributed by atoms with E-state index in [1.54, 1.807) is 0 Å². The van der Waals surface area contributed by atoms with Gasteiger partial charge in [0.25, 0.3) is 0 Å². The minimum Gasteiger partial charge on any atom is -0.349 e. The molecule has 0 spiro atoms. The van der Waals surface area contributed by atoms with Crippen molar-refractivity contribution in [2.75, 3.05) is 6.54 Å². The van der Waals surface area contributed by atoms with Crippen LogP contribution in [0.1, 0.15) is 40.0 Å². The predicted octanol–water partition coefficient (Wildman–Crippen LogP) is 1.77. The van der Waals surface area contributed by atoms with Gasteiger partial charge in [-0.1, -0.05) is 13.8 Å². The van der Waals surface area contributed by atoms with E-state index in [2.05, 4.69) is 26.1 Å². The Labute approximate surface area is 110 Å². The molecule has 5 atom stereocenters. The third kappa shape index (κ3) is 1.63. The number of fused-ring (bicyclic) bond motifs is 5. The fourth-order valence-electron chi connectivity index (χ4n) is 4.47. The summed E-state index contributed by atoms with van der Waals surface area (Å²) in [5, 5.41) is 3.24. The number of carbonyl (C=O) groups excluding carboxylic acids is 1. The molecule has 0 saturated heterocycles. The number of amides is 1. The molecule has 3 saturated carbocycles. The van der Waals surface area contributed by atoms with E-state index in [4.69, 9.17) is 5.73 Å². The number of nitrogens with one attached hydrogen (secondary N) is 1. The molecular formula is C15H26N2O. The van der Waals surface area contributed by atoms with Crippen molar-refractivity contribution in [1.29, 1.82) is 0 Å². The molecule has 1 amide bonds. The smallest absolute Gasteiger partial charge is 0.224 e. The molecule has 3 heteroatoms. The highest BCUT2D eigenvalue weighted by Gasteiger charge is 2.67. The number of hydrogen-bond donors (Lipinski definition) is 2. The fourth-order valence-corrected chi connectivity index (χ4v) is 4.47. The minimum atomic E-state index is -0.243. The van der Waals surface area contributed by atoms with Gasteiger partial charge in [0.15, 0.2) is 0 Å². The molecule has 0 aromatic rings. The molecule has 5 unspecified atom stereocenters. The number of rotatable bonds is 4. The van der Waals surface area contributed by atoms with Crippen molar-refractivity contribution in [1.82, 2.24) is 5.32 Å². The van der Waals surface area contributed by atoms with E-state index in [1.807, 2.05) is 0 Å². The largest absolute Gasteiger partial charge is 0.349 e. The van der Waals surface area contributed by atoms with Crippen LogP contribution < -0.4 is 11.1 Å². The van der Waals surface area contributed by atoms with E-state index in [9.17, 15) is 4.79 Å². The maximum absolute atomic E-state index is 12.5. The highest BCUT2D eigenvalue weighted by atomic mass is 16.2.